The highest BCUT2D eigenvalue weighted by molar-refractivity contribution is 6.32. The van der Waals surface area contributed by atoms with Gasteiger partial charge in [-0.3, -0.25) is 19.3 Å². The normalized spacial score (nSPS) is 15.6. The summed E-state index contributed by atoms with van der Waals surface area (Å²) in [5.41, 5.74) is 2.11. The lowest BCUT2D eigenvalue weighted by molar-refractivity contribution is 0.0655. The number of nitrogens with zero attached hydrogens (tertiary/aromatic N) is 4. The third-order valence-corrected chi connectivity index (χ3v) is 6.59. The molecule has 8 heteroatoms. The average molecular weight is 475 g/mol. The maximum atomic E-state index is 13.1. The SMILES string of the molecule is O=C(c1ccc2c(c1)C(=O)N(CCc1ccccc1)C2=O)N1CCN(c2ncccc2Cl)CC1. The molecule has 3 amide bonds. The van der Waals surface area contributed by atoms with Crippen LogP contribution in [0.15, 0.2) is 66.9 Å². The maximum absolute atomic E-state index is 13.1. The van der Waals surface area contributed by atoms with E-state index in [9.17, 15) is 14.4 Å². The van der Waals surface area contributed by atoms with Gasteiger partial charge in [0.05, 0.1) is 16.1 Å². The van der Waals surface area contributed by atoms with Gasteiger partial charge in [0.2, 0.25) is 0 Å². The summed E-state index contributed by atoms with van der Waals surface area (Å²) in [6.45, 7) is 2.55. The number of anilines is 1. The van der Waals surface area contributed by atoms with Gasteiger partial charge < -0.3 is 9.80 Å². The monoisotopic (exact) mass is 474 g/mol. The Balaban J connectivity index is 1.26. The van der Waals surface area contributed by atoms with Crippen LogP contribution in [0.4, 0.5) is 5.82 Å². The van der Waals surface area contributed by atoms with Crippen molar-refractivity contribution in [2.75, 3.05) is 37.6 Å². The number of carbonyl (C=O) groups excluding carboxylic acids is 3. The number of hydrogen-bond donors (Lipinski definition) is 0. The van der Waals surface area contributed by atoms with Crippen LogP contribution in [0.3, 0.4) is 0 Å². The molecule has 0 bridgehead atoms. The fraction of sp³-hybridized carbons (Fsp3) is 0.231. The Bertz CT molecular complexity index is 1260. The Hall–Kier alpha value is -3.71. The zero-order valence-electron chi connectivity index (χ0n) is 18.5. The Morgan fingerprint density at radius 1 is 0.882 bits per heavy atom. The number of piperazine rings is 1. The van der Waals surface area contributed by atoms with E-state index < -0.39 is 0 Å². The summed E-state index contributed by atoms with van der Waals surface area (Å²) >= 11 is 6.25. The fourth-order valence-corrected chi connectivity index (χ4v) is 4.67. The highest BCUT2D eigenvalue weighted by Gasteiger charge is 2.36. The molecule has 3 heterocycles. The third-order valence-electron chi connectivity index (χ3n) is 6.29. The number of fused-ring (bicyclic) bond motifs is 1. The summed E-state index contributed by atoms with van der Waals surface area (Å²) in [6, 6.07) is 18.1. The number of carbonyl (C=O) groups is 3. The number of halogens is 1. The van der Waals surface area contributed by atoms with Crippen molar-refractivity contribution >= 4 is 35.1 Å². The van der Waals surface area contributed by atoms with Gasteiger partial charge in [-0.2, -0.15) is 0 Å². The Labute approximate surface area is 202 Å². The van der Waals surface area contributed by atoms with Gasteiger partial charge in [0.15, 0.2) is 0 Å². The van der Waals surface area contributed by atoms with Crippen LogP contribution in [0.25, 0.3) is 0 Å². The molecule has 0 N–H and O–H groups in total. The van der Waals surface area contributed by atoms with E-state index in [1.54, 1.807) is 41.4 Å². The summed E-state index contributed by atoms with van der Waals surface area (Å²) in [5, 5.41) is 0.584. The molecule has 1 fully saturated rings. The molecule has 0 spiro atoms. The predicted molar refractivity (Wildman–Crippen MR) is 129 cm³/mol. The zero-order chi connectivity index (χ0) is 23.7. The standard InChI is InChI=1S/C26H23ClN4O3/c27-22-7-4-11-28-23(22)29-13-15-30(16-14-29)24(32)19-8-9-20-21(17-19)26(34)31(25(20)33)12-10-18-5-2-1-3-6-18/h1-9,11,17H,10,12-16H2. The van der Waals surface area contributed by atoms with E-state index in [4.69, 9.17) is 11.6 Å². The smallest absolute Gasteiger partial charge is 0.261 e. The molecule has 0 atom stereocenters. The molecular formula is C26H23ClN4O3. The Morgan fingerprint density at radius 3 is 2.35 bits per heavy atom. The van der Waals surface area contributed by atoms with Gasteiger partial charge in [0.25, 0.3) is 17.7 Å². The molecule has 172 valence electrons. The molecular weight excluding hydrogens is 452 g/mol. The lowest BCUT2D eigenvalue weighted by Crippen LogP contribution is -2.49. The number of pyridine rings is 1. The number of imide groups is 1. The maximum Gasteiger partial charge on any atom is 0.261 e. The van der Waals surface area contributed by atoms with Crippen LogP contribution in [-0.4, -0.2) is 65.2 Å². The van der Waals surface area contributed by atoms with E-state index in [1.165, 1.54) is 4.90 Å². The third kappa shape index (κ3) is 4.15. The first-order chi connectivity index (χ1) is 16.5. The largest absolute Gasteiger partial charge is 0.352 e. The van der Waals surface area contributed by atoms with E-state index in [1.807, 2.05) is 30.3 Å². The molecule has 34 heavy (non-hydrogen) atoms. The molecule has 0 unspecified atom stereocenters. The van der Waals surface area contributed by atoms with E-state index >= 15 is 0 Å². The number of amides is 3. The van der Waals surface area contributed by atoms with Gasteiger partial charge in [-0.25, -0.2) is 4.98 Å². The van der Waals surface area contributed by atoms with Gasteiger partial charge in [-0.1, -0.05) is 41.9 Å². The van der Waals surface area contributed by atoms with Crippen LogP contribution in [-0.2, 0) is 6.42 Å². The second-order valence-electron chi connectivity index (χ2n) is 8.35. The van der Waals surface area contributed by atoms with E-state index in [0.29, 0.717) is 66.7 Å². The molecule has 7 nitrogen and oxygen atoms in total. The lowest BCUT2D eigenvalue weighted by atomic mass is 10.0. The van der Waals surface area contributed by atoms with E-state index in [-0.39, 0.29) is 17.7 Å². The highest BCUT2D eigenvalue weighted by atomic mass is 35.5. The van der Waals surface area contributed by atoms with Crippen LogP contribution in [0.2, 0.25) is 5.02 Å². The first kappa shape index (κ1) is 22.1. The van der Waals surface area contributed by atoms with Crippen LogP contribution in [0.5, 0.6) is 0 Å². The minimum atomic E-state index is -0.347. The van der Waals surface area contributed by atoms with Crippen molar-refractivity contribution in [3.8, 4) is 0 Å². The van der Waals surface area contributed by atoms with Gasteiger partial charge in [0, 0.05) is 44.5 Å². The molecule has 2 aromatic carbocycles. The van der Waals surface area contributed by atoms with Gasteiger partial charge in [0.1, 0.15) is 5.82 Å². The molecule has 2 aliphatic heterocycles. The fourth-order valence-electron chi connectivity index (χ4n) is 4.43. The van der Waals surface area contributed by atoms with Crippen molar-refractivity contribution in [2.24, 2.45) is 0 Å². The van der Waals surface area contributed by atoms with Crippen molar-refractivity contribution in [3.63, 3.8) is 0 Å². The lowest BCUT2D eigenvalue weighted by Gasteiger charge is -2.35. The quantitative estimate of drug-likeness (QED) is 0.529. The Kier molecular flexibility index (Phi) is 6.02. The first-order valence-electron chi connectivity index (χ1n) is 11.2. The van der Waals surface area contributed by atoms with Crippen molar-refractivity contribution in [2.45, 2.75) is 6.42 Å². The summed E-state index contributed by atoms with van der Waals surface area (Å²) in [7, 11) is 0. The summed E-state index contributed by atoms with van der Waals surface area (Å²) in [6.07, 6.45) is 2.29. The Morgan fingerprint density at radius 2 is 1.62 bits per heavy atom. The summed E-state index contributed by atoms with van der Waals surface area (Å²) in [4.78, 5) is 48.3. The molecule has 0 saturated carbocycles. The highest BCUT2D eigenvalue weighted by Crippen LogP contribution is 2.26. The number of benzene rings is 2. The van der Waals surface area contributed by atoms with E-state index in [2.05, 4.69) is 9.88 Å². The first-order valence-corrected chi connectivity index (χ1v) is 11.6. The van der Waals surface area contributed by atoms with Crippen molar-refractivity contribution in [3.05, 3.63) is 94.1 Å². The van der Waals surface area contributed by atoms with Crippen molar-refractivity contribution in [1.29, 1.82) is 0 Å². The molecule has 3 aromatic rings. The molecule has 1 saturated heterocycles. The average Bonchev–Trinajstić information content (AvgIpc) is 3.12. The topological polar surface area (TPSA) is 73.8 Å². The molecule has 2 aliphatic rings. The van der Waals surface area contributed by atoms with Crippen LogP contribution >= 0.6 is 11.6 Å². The van der Waals surface area contributed by atoms with Crippen molar-refractivity contribution < 1.29 is 14.4 Å². The van der Waals surface area contributed by atoms with Crippen molar-refractivity contribution in [1.82, 2.24) is 14.8 Å². The minimum Gasteiger partial charge on any atom is -0.352 e. The summed E-state index contributed by atoms with van der Waals surface area (Å²) in [5.74, 6) is -0.0953. The summed E-state index contributed by atoms with van der Waals surface area (Å²) < 4.78 is 0. The number of aromatic nitrogens is 1. The molecule has 5 rings (SSSR count). The van der Waals surface area contributed by atoms with Gasteiger partial charge >= 0.3 is 0 Å². The van der Waals surface area contributed by atoms with Gasteiger partial charge in [-0.15, -0.1) is 0 Å². The van der Waals surface area contributed by atoms with Crippen LogP contribution < -0.4 is 4.90 Å². The van der Waals surface area contributed by atoms with Crippen LogP contribution in [0, 0.1) is 0 Å². The molecule has 0 radical (unpaired) electrons. The van der Waals surface area contributed by atoms with E-state index in [0.717, 1.165) is 5.56 Å². The van der Waals surface area contributed by atoms with Crippen LogP contribution in [0.1, 0.15) is 36.6 Å². The number of rotatable bonds is 5. The second kappa shape index (κ2) is 9.27. The molecule has 1 aromatic heterocycles. The number of hydrogen-bond acceptors (Lipinski definition) is 5. The van der Waals surface area contributed by atoms with Gasteiger partial charge in [-0.05, 0) is 42.3 Å². The zero-order valence-corrected chi connectivity index (χ0v) is 19.2. The predicted octanol–water partition coefficient (Wildman–Crippen LogP) is 3.54. The minimum absolute atomic E-state index is 0.155. The second-order valence-corrected chi connectivity index (χ2v) is 8.75. The molecule has 0 aliphatic carbocycles.